The van der Waals surface area contributed by atoms with Crippen molar-refractivity contribution in [3.05, 3.63) is 22.4 Å². The van der Waals surface area contributed by atoms with Crippen LogP contribution in [0.15, 0.2) is 17.5 Å². The highest BCUT2D eigenvalue weighted by molar-refractivity contribution is 7.10. The lowest BCUT2D eigenvalue weighted by Gasteiger charge is -2.18. The highest BCUT2D eigenvalue weighted by atomic mass is 32.1. The maximum atomic E-state index is 3.76. The van der Waals surface area contributed by atoms with Gasteiger partial charge in [0.2, 0.25) is 0 Å². The maximum Gasteiger partial charge on any atom is 0.0388 e. The summed E-state index contributed by atoms with van der Waals surface area (Å²) in [5.74, 6) is 0.970. The Morgan fingerprint density at radius 3 is 3.00 bits per heavy atom. The molecule has 1 aromatic heterocycles. The minimum atomic E-state index is 0.533. The third kappa shape index (κ3) is 2.82. The molecule has 1 saturated carbocycles. The van der Waals surface area contributed by atoms with Crippen molar-refractivity contribution < 1.29 is 0 Å². The van der Waals surface area contributed by atoms with Crippen LogP contribution < -0.4 is 5.32 Å². The fourth-order valence-corrected chi connectivity index (χ4v) is 3.31. The fraction of sp³-hybridized carbons (Fsp3) is 0.692. The van der Waals surface area contributed by atoms with Crippen LogP contribution in [-0.4, -0.2) is 6.04 Å². The van der Waals surface area contributed by atoms with Gasteiger partial charge in [-0.2, -0.15) is 0 Å². The quantitative estimate of drug-likeness (QED) is 0.814. The van der Waals surface area contributed by atoms with Gasteiger partial charge < -0.3 is 5.32 Å². The maximum absolute atomic E-state index is 3.76. The van der Waals surface area contributed by atoms with Gasteiger partial charge in [-0.25, -0.2) is 0 Å². The van der Waals surface area contributed by atoms with Gasteiger partial charge in [0.05, 0.1) is 0 Å². The van der Waals surface area contributed by atoms with Crippen LogP contribution in [0.2, 0.25) is 0 Å². The Bertz CT molecular complexity index is 281. The van der Waals surface area contributed by atoms with Crippen molar-refractivity contribution >= 4 is 11.3 Å². The first kappa shape index (κ1) is 11.2. The van der Waals surface area contributed by atoms with Crippen molar-refractivity contribution in [1.29, 1.82) is 0 Å². The molecule has 0 bridgehead atoms. The molecule has 1 aromatic rings. The summed E-state index contributed by atoms with van der Waals surface area (Å²) in [4.78, 5) is 1.47. The zero-order valence-corrected chi connectivity index (χ0v) is 10.5. The van der Waals surface area contributed by atoms with Crippen LogP contribution in [0, 0.1) is 5.92 Å². The Kier molecular flexibility index (Phi) is 3.81. The summed E-state index contributed by atoms with van der Waals surface area (Å²) in [5.41, 5.74) is 0. The van der Waals surface area contributed by atoms with Gasteiger partial charge in [-0.15, -0.1) is 11.3 Å². The first-order valence-electron chi connectivity index (χ1n) is 6.09. The van der Waals surface area contributed by atoms with Crippen molar-refractivity contribution in [1.82, 2.24) is 5.32 Å². The second kappa shape index (κ2) is 5.13. The average Bonchev–Trinajstić information content (AvgIpc) is 2.87. The standard InChI is InChI=1S/C13H21NS/c1-3-11-6-7-12(9-11)14-10(2)13-5-4-8-15-13/h4-5,8,10-12,14H,3,6-7,9H2,1-2H3/t10-,11?,12?/m0/s1. The zero-order valence-electron chi connectivity index (χ0n) is 9.70. The first-order valence-corrected chi connectivity index (χ1v) is 6.97. The van der Waals surface area contributed by atoms with Gasteiger partial charge in [0, 0.05) is 17.0 Å². The summed E-state index contributed by atoms with van der Waals surface area (Å²) in [7, 11) is 0. The molecule has 0 spiro atoms. The molecule has 0 radical (unpaired) electrons. The second-order valence-corrected chi connectivity index (χ2v) is 5.67. The van der Waals surface area contributed by atoms with Crippen molar-refractivity contribution in [2.45, 2.75) is 51.6 Å². The summed E-state index contributed by atoms with van der Waals surface area (Å²) in [6.07, 6.45) is 5.53. The van der Waals surface area contributed by atoms with Crippen LogP contribution in [0.1, 0.15) is 50.4 Å². The molecular formula is C13H21NS. The Morgan fingerprint density at radius 2 is 2.40 bits per heavy atom. The monoisotopic (exact) mass is 223 g/mol. The van der Waals surface area contributed by atoms with E-state index in [0.717, 1.165) is 12.0 Å². The van der Waals surface area contributed by atoms with Gasteiger partial charge in [-0.3, -0.25) is 0 Å². The van der Waals surface area contributed by atoms with E-state index in [1.165, 1.54) is 30.6 Å². The summed E-state index contributed by atoms with van der Waals surface area (Å²) >= 11 is 1.86. The molecule has 0 saturated heterocycles. The van der Waals surface area contributed by atoms with Crippen molar-refractivity contribution in [3.63, 3.8) is 0 Å². The van der Waals surface area contributed by atoms with Crippen LogP contribution in [0.25, 0.3) is 0 Å². The SMILES string of the molecule is CCC1CCC(N[C@@H](C)c2cccs2)C1. The highest BCUT2D eigenvalue weighted by Gasteiger charge is 2.24. The van der Waals surface area contributed by atoms with E-state index < -0.39 is 0 Å². The zero-order chi connectivity index (χ0) is 10.7. The summed E-state index contributed by atoms with van der Waals surface area (Å²) in [6.45, 7) is 4.60. The Balaban J connectivity index is 1.83. The molecule has 0 amide bonds. The van der Waals surface area contributed by atoms with Gasteiger partial charge in [0.1, 0.15) is 0 Å². The van der Waals surface area contributed by atoms with E-state index in [9.17, 15) is 0 Å². The van der Waals surface area contributed by atoms with E-state index in [1.54, 1.807) is 0 Å². The van der Waals surface area contributed by atoms with E-state index in [0.29, 0.717) is 6.04 Å². The molecule has 2 heteroatoms. The minimum absolute atomic E-state index is 0.533. The Labute approximate surface area is 96.9 Å². The number of hydrogen-bond acceptors (Lipinski definition) is 2. The van der Waals surface area contributed by atoms with E-state index in [-0.39, 0.29) is 0 Å². The summed E-state index contributed by atoms with van der Waals surface area (Å²) < 4.78 is 0. The lowest BCUT2D eigenvalue weighted by atomic mass is 10.1. The van der Waals surface area contributed by atoms with Gasteiger partial charge >= 0.3 is 0 Å². The highest BCUT2D eigenvalue weighted by Crippen LogP contribution is 2.30. The summed E-state index contributed by atoms with van der Waals surface area (Å²) in [6, 6.07) is 5.66. The van der Waals surface area contributed by atoms with Gasteiger partial charge in [0.15, 0.2) is 0 Å². The molecule has 1 nitrogen and oxygen atoms in total. The predicted molar refractivity (Wildman–Crippen MR) is 67.3 cm³/mol. The smallest absolute Gasteiger partial charge is 0.0388 e. The predicted octanol–water partition coefficient (Wildman–Crippen LogP) is 3.98. The van der Waals surface area contributed by atoms with E-state index in [4.69, 9.17) is 0 Å². The minimum Gasteiger partial charge on any atom is -0.307 e. The van der Waals surface area contributed by atoms with Gasteiger partial charge in [-0.1, -0.05) is 19.4 Å². The van der Waals surface area contributed by atoms with Crippen molar-refractivity contribution in [2.75, 3.05) is 0 Å². The van der Waals surface area contributed by atoms with Crippen LogP contribution in [0.4, 0.5) is 0 Å². The van der Waals surface area contributed by atoms with Crippen molar-refractivity contribution in [2.24, 2.45) is 5.92 Å². The Morgan fingerprint density at radius 1 is 1.53 bits per heavy atom. The number of nitrogens with one attached hydrogen (secondary N) is 1. The number of hydrogen-bond donors (Lipinski definition) is 1. The third-order valence-electron chi connectivity index (χ3n) is 3.57. The lowest BCUT2D eigenvalue weighted by molar-refractivity contribution is 0.441. The van der Waals surface area contributed by atoms with Crippen LogP contribution >= 0.6 is 11.3 Å². The average molecular weight is 223 g/mol. The Hall–Kier alpha value is -0.340. The first-order chi connectivity index (χ1) is 7.29. The molecule has 1 N–H and O–H groups in total. The van der Waals surface area contributed by atoms with Crippen molar-refractivity contribution in [3.8, 4) is 0 Å². The third-order valence-corrected chi connectivity index (χ3v) is 4.63. The molecule has 1 aliphatic rings. The largest absolute Gasteiger partial charge is 0.307 e. The van der Waals surface area contributed by atoms with Gasteiger partial charge in [0.25, 0.3) is 0 Å². The van der Waals surface area contributed by atoms with E-state index in [2.05, 4.69) is 36.7 Å². The molecule has 3 atom stereocenters. The molecule has 1 heterocycles. The molecule has 15 heavy (non-hydrogen) atoms. The molecular weight excluding hydrogens is 202 g/mol. The second-order valence-electron chi connectivity index (χ2n) is 4.69. The molecule has 84 valence electrons. The van der Waals surface area contributed by atoms with E-state index >= 15 is 0 Å². The van der Waals surface area contributed by atoms with Crippen LogP contribution in [-0.2, 0) is 0 Å². The molecule has 0 aliphatic heterocycles. The fourth-order valence-electron chi connectivity index (χ4n) is 2.57. The molecule has 2 rings (SSSR count). The number of thiophene rings is 1. The summed E-state index contributed by atoms with van der Waals surface area (Å²) in [5, 5.41) is 5.92. The normalized spacial score (nSPS) is 28.1. The molecule has 1 fully saturated rings. The molecule has 0 aromatic carbocycles. The van der Waals surface area contributed by atoms with Gasteiger partial charge in [-0.05, 0) is 43.6 Å². The van der Waals surface area contributed by atoms with E-state index in [1.807, 2.05) is 11.3 Å². The molecule has 1 aliphatic carbocycles. The van der Waals surface area contributed by atoms with Crippen LogP contribution in [0.5, 0.6) is 0 Å². The topological polar surface area (TPSA) is 12.0 Å². The molecule has 2 unspecified atom stereocenters. The number of rotatable bonds is 4. The lowest BCUT2D eigenvalue weighted by Crippen LogP contribution is -2.28. The van der Waals surface area contributed by atoms with Crippen LogP contribution in [0.3, 0.4) is 0 Å².